The van der Waals surface area contributed by atoms with Crippen LogP contribution < -0.4 is 5.32 Å². The summed E-state index contributed by atoms with van der Waals surface area (Å²) in [4.78, 5) is 0.467. The van der Waals surface area contributed by atoms with Gasteiger partial charge in [0.15, 0.2) is 9.84 Å². The van der Waals surface area contributed by atoms with Crippen molar-refractivity contribution in [2.45, 2.75) is 17.4 Å². The summed E-state index contributed by atoms with van der Waals surface area (Å²) in [6.07, 6.45) is 0.605. The van der Waals surface area contributed by atoms with Crippen LogP contribution in [0.25, 0.3) is 0 Å². The average molecular weight is 273 g/mol. The normalized spacial score (nSPS) is 20.5. The molecule has 1 unspecified atom stereocenters. The van der Waals surface area contributed by atoms with Crippen molar-refractivity contribution in [3.05, 3.63) is 60.2 Å². The molecular formula is C15H15NO2S. The fourth-order valence-corrected chi connectivity index (χ4v) is 4.10. The first-order valence-electron chi connectivity index (χ1n) is 6.30. The van der Waals surface area contributed by atoms with Gasteiger partial charge in [-0.1, -0.05) is 36.4 Å². The number of nitrogens with one attached hydrogen (secondary N) is 1. The topological polar surface area (TPSA) is 46.2 Å². The molecule has 0 radical (unpaired) electrons. The molecule has 98 valence electrons. The average Bonchev–Trinajstić information content (AvgIpc) is 2.44. The van der Waals surface area contributed by atoms with Gasteiger partial charge in [0, 0.05) is 5.69 Å². The van der Waals surface area contributed by atoms with Gasteiger partial charge >= 0.3 is 0 Å². The van der Waals surface area contributed by atoms with Crippen LogP contribution in [-0.4, -0.2) is 14.2 Å². The Hall–Kier alpha value is -1.81. The second-order valence-corrected chi connectivity index (χ2v) is 6.79. The van der Waals surface area contributed by atoms with Crippen molar-refractivity contribution in [2.24, 2.45) is 0 Å². The van der Waals surface area contributed by atoms with E-state index in [1.165, 1.54) is 0 Å². The lowest BCUT2D eigenvalue weighted by Crippen LogP contribution is -2.24. The number of sulfone groups is 1. The highest BCUT2D eigenvalue weighted by Crippen LogP contribution is 2.34. The van der Waals surface area contributed by atoms with E-state index in [4.69, 9.17) is 0 Å². The predicted octanol–water partition coefficient (Wildman–Crippen LogP) is 3.02. The third kappa shape index (κ3) is 2.36. The predicted molar refractivity (Wildman–Crippen MR) is 75.9 cm³/mol. The van der Waals surface area contributed by atoms with Crippen molar-refractivity contribution in [3.8, 4) is 0 Å². The fourth-order valence-electron chi connectivity index (χ4n) is 2.48. The summed E-state index contributed by atoms with van der Waals surface area (Å²) in [7, 11) is -3.11. The molecule has 1 atom stereocenters. The maximum atomic E-state index is 12.0. The summed E-state index contributed by atoms with van der Waals surface area (Å²) < 4.78 is 24.1. The Labute approximate surface area is 113 Å². The van der Waals surface area contributed by atoms with Gasteiger partial charge in [-0.2, -0.15) is 0 Å². The van der Waals surface area contributed by atoms with E-state index in [1.54, 1.807) is 12.1 Å². The minimum absolute atomic E-state index is 0.0575. The lowest BCUT2D eigenvalue weighted by Gasteiger charge is -2.27. The zero-order valence-corrected chi connectivity index (χ0v) is 11.2. The van der Waals surface area contributed by atoms with E-state index in [1.807, 2.05) is 42.5 Å². The maximum absolute atomic E-state index is 12.0. The molecule has 3 rings (SSSR count). The van der Waals surface area contributed by atoms with Gasteiger partial charge in [-0.15, -0.1) is 0 Å². The summed E-state index contributed by atoms with van der Waals surface area (Å²) in [6.45, 7) is 0. The third-order valence-corrected chi connectivity index (χ3v) is 5.23. The van der Waals surface area contributed by atoms with Gasteiger partial charge in [0.2, 0.25) is 0 Å². The molecule has 0 fully saturated rings. The lowest BCUT2D eigenvalue weighted by molar-refractivity contribution is 0.576. The van der Waals surface area contributed by atoms with Gasteiger partial charge in [0.25, 0.3) is 0 Å². The molecule has 2 aromatic rings. The zero-order valence-electron chi connectivity index (χ0n) is 10.4. The van der Waals surface area contributed by atoms with Crippen molar-refractivity contribution >= 4 is 15.5 Å². The Kier molecular flexibility index (Phi) is 3.03. The number of hydrogen-bond donors (Lipinski definition) is 1. The molecule has 19 heavy (non-hydrogen) atoms. The highest BCUT2D eigenvalue weighted by atomic mass is 32.2. The highest BCUT2D eigenvalue weighted by molar-refractivity contribution is 7.91. The van der Waals surface area contributed by atoms with Crippen molar-refractivity contribution < 1.29 is 8.42 Å². The molecule has 0 bridgehead atoms. The second kappa shape index (κ2) is 4.70. The van der Waals surface area contributed by atoms with Gasteiger partial charge < -0.3 is 5.32 Å². The molecule has 4 heteroatoms. The molecule has 0 spiro atoms. The molecule has 1 heterocycles. The molecule has 1 N–H and O–H groups in total. The van der Waals surface area contributed by atoms with Gasteiger partial charge in [0.1, 0.15) is 0 Å². The van der Waals surface area contributed by atoms with Crippen LogP contribution >= 0.6 is 0 Å². The van der Waals surface area contributed by atoms with Gasteiger partial charge in [0.05, 0.1) is 16.7 Å². The monoisotopic (exact) mass is 273 g/mol. The fraction of sp³-hybridized carbons (Fsp3) is 0.200. The van der Waals surface area contributed by atoms with Crippen LogP contribution in [0.5, 0.6) is 0 Å². The zero-order chi connectivity index (χ0) is 13.3. The molecule has 0 saturated heterocycles. The standard InChI is InChI=1S/C15H15NO2S/c17-19(18)11-10-14(13-8-4-5-9-15(13)19)16-12-6-2-1-3-7-12/h1-9,14,16H,10-11H2. The first-order valence-corrected chi connectivity index (χ1v) is 7.95. The number of fused-ring (bicyclic) bond motifs is 1. The number of para-hydroxylation sites is 1. The van der Waals surface area contributed by atoms with E-state index in [-0.39, 0.29) is 11.8 Å². The van der Waals surface area contributed by atoms with Crippen molar-refractivity contribution in [1.29, 1.82) is 0 Å². The van der Waals surface area contributed by atoms with Crippen LogP contribution in [0.3, 0.4) is 0 Å². The van der Waals surface area contributed by atoms with E-state index >= 15 is 0 Å². The summed E-state index contributed by atoms with van der Waals surface area (Å²) in [5.41, 5.74) is 1.89. The Bertz CT molecular complexity index is 680. The first kappa shape index (κ1) is 12.2. The Morgan fingerprint density at radius 2 is 1.63 bits per heavy atom. The number of benzene rings is 2. The summed E-state index contributed by atoms with van der Waals surface area (Å²) >= 11 is 0. The van der Waals surface area contributed by atoms with Crippen LogP contribution in [0.4, 0.5) is 5.69 Å². The van der Waals surface area contributed by atoms with E-state index in [9.17, 15) is 8.42 Å². The lowest BCUT2D eigenvalue weighted by atomic mass is 10.0. The van der Waals surface area contributed by atoms with Gasteiger partial charge in [-0.25, -0.2) is 8.42 Å². The number of hydrogen-bond acceptors (Lipinski definition) is 3. The molecule has 0 amide bonds. The van der Waals surface area contributed by atoms with E-state index < -0.39 is 9.84 Å². The SMILES string of the molecule is O=S1(=O)CCC(Nc2ccccc2)c2ccccc21. The third-order valence-electron chi connectivity index (χ3n) is 3.42. The van der Waals surface area contributed by atoms with E-state index in [0.717, 1.165) is 11.3 Å². The summed E-state index contributed by atoms with van der Waals surface area (Å²) in [6, 6.07) is 17.2. The van der Waals surface area contributed by atoms with Crippen LogP contribution in [0.15, 0.2) is 59.5 Å². The van der Waals surface area contributed by atoms with Crippen molar-refractivity contribution in [1.82, 2.24) is 0 Å². The molecule has 0 aromatic heterocycles. The second-order valence-electron chi connectivity index (χ2n) is 4.71. The van der Waals surface area contributed by atoms with Crippen LogP contribution in [0.1, 0.15) is 18.0 Å². The molecule has 3 nitrogen and oxygen atoms in total. The molecule has 2 aromatic carbocycles. The smallest absolute Gasteiger partial charge is 0.178 e. The molecule has 0 saturated carbocycles. The van der Waals surface area contributed by atoms with Gasteiger partial charge in [-0.3, -0.25) is 0 Å². The molecule has 0 aliphatic carbocycles. The highest BCUT2D eigenvalue weighted by Gasteiger charge is 2.29. The van der Waals surface area contributed by atoms with E-state index in [2.05, 4.69) is 5.32 Å². The Morgan fingerprint density at radius 3 is 2.42 bits per heavy atom. The summed E-state index contributed by atoms with van der Waals surface area (Å²) in [5.74, 6) is 0.203. The van der Waals surface area contributed by atoms with Crippen molar-refractivity contribution in [3.63, 3.8) is 0 Å². The van der Waals surface area contributed by atoms with Crippen LogP contribution in [0, 0.1) is 0 Å². The van der Waals surface area contributed by atoms with Crippen LogP contribution in [-0.2, 0) is 9.84 Å². The summed E-state index contributed by atoms with van der Waals surface area (Å²) in [5, 5.41) is 3.41. The molecule has 1 aliphatic heterocycles. The quantitative estimate of drug-likeness (QED) is 0.915. The minimum Gasteiger partial charge on any atom is -0.378 e. The molecular weight excluding hydrogens is 258 g/mol. The number of anilines is 1. The minimum atomic E-state index is -3.11. The van der Waals surface area contributed by atoms with E-state index in [0.29, 0.717) is 11.3 Å². The number of rotatable bonds is 2. The largest absolute Gasteiger partial charge is 0.378 e. The van der Waals surface area contributed by atoms with Crippen LogP contribution in [0.2, 0.25) is 0 Å². The van der Waals surface area contributed by atoms with Gasteiger partial charge in [-0.05, 0) is 30.2 Å². The Balaban J connectivity index is 1.97. The molecule has 1 aliphatic rings. The van der Waals surface area contributed by atoms with Crippen molar-refractivity contribution in [2.75, 3.05) is 11.1 Å². The maximum Gasteiger partial charge on any atom is 0.178 e. The Morgan fingerprint density at radius 1 is 0.947 bits per heavy atom. The first-order chi connectivity index (χ1) is 9.17.